The molecule has 0 amide bonds. The summed E-state index contributed by atoms with van der Waals surface area (Å²) in [6, 6.07) is 3.36. The second kappa shape index (κ2) is 8.15. The van der Waals surface area contributed by atoms with Crippen LogP contribution in [0.3, 0.4) is 0 Å². The lowest BCUT2D eigenvalue weighted by Crippen LogP contribution is -2.47. The minimum Gasteiger partial charge on any atom is -0.370 e. The minimum atomic E-state index is -3.46. The number of pyridine rings is 1. The summed E-state index contributed by atoms with van der Waals surface area (Å²) in [5.74, 6) is 0.686. The van der Waals surface area contributed by atoms with E-state index in [0.29, 0.717) is 18.9 Å². The molecular formula is C17H26N6O2S. The van der Waals surface area contributed by atoms with Gasteiger partial charge in [-0.1, -0.05) is 0 Å². The molecule has 9 heteroatoms. The number of nitrogens with zero attached hydrogens (tertiary/aromatic N) is 4. The van der Waals surface area contributed by atoms with Crippen LogP contribution < -0.4 is 5.32 Å². The predicted octanol–water partition coefficient (Wildman–Crippen LogP) is 1.09. The molecule has 1 fully saturated rings. The highest BCUT2D eigenvalue weighted by atomic mass is 32.2. The molecule has 0 aliphatic carbocycles. The van der Waals surface area contributed by atoms with Gasteiger partial charge in [0.05, 0.1) is 6.20 Å². The largest absolute Gasteiger partial charge is 0.370 e. The predicted molar refractivity (Wildman–Crippen MR) is 101 cm³/mol. The number of sulfonamides is 1. The number of hydrogen-bond donors (Lipinski definition) is 2. The maximum absolute atomic E-state index is 12.7. The van der Waals surface area contributed by atoms with Crippen LogP contribution in [-0.4, -0.2) is 72.6 Å². The third kappa shape index (κ3) is 4.40. The summed E-state index contributed by atoms with van der Waals surface area (Å²) in [5, 5.41) is 10.2. The summed E-state index contributed by atoms with van der Waals surface area (Å²) >= 11 is 0. The van der Waals surface area contributed by atoms with Gasteiger partial charge in [0.2, 0.25) is 10.0 Å². The highest BCUT2D eigenvalue weighted by Crippen LogP contribution is 2.18. The van der Waals surface area contributed by atoms with Crippen molar-refractivity contribution >= 4 is 15.8 Å². The molecule has 2 aromatic heterocycles. The first-order chi connectivity index (χ1) is 12.5. The van der Waals surface area contributed by atoms with Crippen molar-refractivity contribution in [3.05, 3.63) is 35.8 Å². The summed E-state index contributed by atoms with van der Waals surface area (Å²) in [4.78, 5) is 6.64. The van der Waals surface area contributed by atoms with E-state index in [1.165, 1.54) is 16.1 Å². The van der Waals surface area contributed by atoms with Crippen LogP contribution in [0, 0.1) is 6.92 Å². The van der Waals surface area contributed by atoms with Gasteiger partial charge in [-0.25, -0.2) is 13.4 Å². The molecule has 0 bridgehead atoms. The molecule has 0 atom stereocenters. The summed E-state index contributed by atoms with van der Waals surface area (Å²) in [6.45, 7) is 5.32. The van der Waals surface area contributed by atoms with E-state index in [-0.39, 0.29) is 4.90 Å². The summed E-state index contributed by atoms with van der Waals surface area (Å²) in [5.41, 5.74) is 2.31. The molecule has 0 unspecified atom stereocenters. The highest BCUT2D eigenvalue weighted by Gasteiger charge is 2.27. The summed E-state index contributed by atoms with van der Waals surface area (Å²) in [6.07, 6.45) is 5.18. The SMILES string of the molecule is Cc1[nH]ncc1CCCNc1ccc(S(=O)(=O)N2CCN(C)CC2)cn1. The average Bonchev–Trinajstić information content (AvgIpc) is 3.04. The Bertz CT molecular complexity index is 810. The van der Waals surface area contributed by atoms with Crippen LogP contribution in [0.15, 0.2) is 29.4 Å². The Morgan fingerprint density at radius 2 is 1.96 bits per heavy atom. The third-order valence-electron chi connectivity index (χ3n) is 4.70. The lowest BCUT2D eigenvalue weighted by atomic mass is 10.1. The van der Waals surface area contributed by atoms with E-state index in [2.05, 4.69) is 25.4 Å². The zero-order valence-electron chi connectivity index (χ0n) is 15.3. The molecule has 142 valence electrons. The molecular weight excluding hydrogens is 352 g/mol. The average molecular weight is 379 g/mol. The van der Waals surface area contributed by atoms with Crippen molar-refractivity contribution in [2.75, 3.05) is 45.1 Å². The molecule has 1 saturated heterocycles. The molecule has 8 nitrogen and oxygen atoms in total. The third-order valence-corrected chi connectivity index (χ3v) is 6.58. The Hall–Kier alpha value is -1.97. The molecule has 2 aromatic rings. The van der Waals surface area contributed by atoms with Gasteiger partial charge in [0.25, 0.3) is 0 Å². The van der Waals surface area contributed by atoms with Gasteiger partial charge in [-0.3, -0.25) is 5.10 Å². The van der Waals surface area contributed by atoms with Crippen molar-refractivity contribution in [3.63, 3.8) is 0 Å². The fraction of sp³-hybridized carbons (Fsp3) is 0.529. The molecule has 0 saturated carbocycles. The number of likely N-dealkylation sites (N-methyl/N-ethyl adjacent to an activating group) is 1. The molecule has 2 N–H and O–H groups in total. The van der Waals surface area contributed by atoms with Gasteiger partial charge >= 0.3 is 0 Å². The van der Waals surface area contributed by atoms with E-state index < -0.39 is 10.0 Å². The quantitative estimate of drug-likeness (QED) is 0.701. The van der Waals surface area contributed by atoms with Gasteiger partial charge in [0.1, 0.15) is 10.7 Å². The Balaban J connectivity index is 1.52. The van der Waals surface area contributed by atoms with Crippen molar-refractivity contribution in [3.8, 4) is 0 Å². The first-order valence-electron chi connectivity index (χ1n) is 8.84. The van der Waals surface area contributed by atoms with Crippen LogP contribution in [0.5, 0.6) is 0 Å². The van der Waals surface area contributed by atoms with E-state index in [1.807, 2.05) is 20.2 Å². The van der Waals surface area contributed by atoms with Crippen molar-refractivity contribution in [2.24, 2.45) is 0 Å². The number of H-pyrrole nitrogens is 1. The number of aryl methyl sites for hydroxylation is 2. The molecule has 0 aromatic carbocycles. The van der Waals surface area contributed by atoms with Gasteiger partial charge in [0.15, 0.2) is 0 Å². The maximum Gasteiger partial charge on any atom is 0.244 e. The van der Waals surface area contributed by atoms with E-state index in [4.69, 9.17) is 0 Å². The second-order valence-electron chi connectivity index (χ2n) is 6.64. The summed E-state index contributed by atoms with van der Waals surface area (Å²) in [7, 11) is -1.46. The number of nitrogens with one attached hydrogen (secondary N) is 2. The standard InChI is InChI=1S/C17H26N6O2S/c1-14-15(12-20-21-14)4-3-7-18-17-6-5-16(13-19-17)26(24,25)23-10-8-22(2)9-11-23/h5-6,12-13H,3-4,7-11H2,1-2H3,(H,18,19)(H,20,21). The molecule has 0 radical (unpaired) electrons. The molecule has 1 aliphatic rings. The normalized spacial score (nSPS) is 16.7. The van der Waals surface area contributed by atoms with Crippen LogP contribution in [0.4, 0.5) is 5.82 Å². The maximum atomic E-state index is 12.7. The van der Waals surface area contributed by atoms with E-state index in [9.17, 15) is 8.42 Å². The molecule has 3 heterocycles. The number of aromatic nitrogens is 3. The van der Waals surface area contributed by atoms with Crippen molar-refractivity contribution in [2.45, 2.75) is 24.7 Å². The molecule has 0 spiro atoms. The lowest BCUT2D eigenvalue weighted by molar-refractivity contribution is 0.222. The van der Waals surface area contributed by atoms with Crippen LogP contribution >= 0.6 is 0 Å². The Labute approximate surface area is 154 Å². The number of rotatable bonds is 7. The van der Waals surface area contributed by atoms with Crippen molar-refractivity contribution < 1.29 is 8.42 Å². The van der Waals surface area contributed by atoms with Crippen LogP contribution in [0.1, 0.15) is 17.7 Å². The van der Waals surface area contributed by atoms with Gasteiger partial charge in [-0.05, 0) is 44.5 Å². The Morgan fingerprint density at radius 3 is 2.58 bits per heavy atom. The fourth-order valence-corrected chi connectivity index (χ4v) is 4.31. The second-order valence-corrected chi connectivity index (χ2v) is 8.58. The first-order valence-corrected chi connectivity index (χ1v) is 10.3. The van der Waals surface area contributed by atoms with Gasteiger partial charge in [-0.15, -0.1) is 0 Å². The van der Waals surface area contributed by atoms with Gasteiger partial charge in [-0.2, -0.15) is 9.40 Å². The van der Waals surface area contributed by atoms with E-state index in [1.54, 1.807) is 12.1 Å². The van der Waals surface area contributed by atoms with E-state index >= 15 is 0 Å². The monoisotopic (exact) mass is 378 g/mol. The van der Waals surface area contributed by atoms with Gasteiger partial charge in [0, 0.05) is 44.6 Å². The number of hydrogen-bond acceptors (Lipinski definition) is 6. The van der Waals surface area contributed by atoms with Crippen LogP contribution in [0.25, 0.3) is 0 Å². The van der Waals surface area contributed by atoms with Crippen LogP contribution in [0.2, 0.25) is 0 Å². The molecule has 1 aliphatic heterocycles. The first kappa shape index (κ1) is 18.8. The topological polar surface area (TPSA) is 94.2 Å². The molecule has 26 heavy (non-hydrogen) atoms. The Morgan fingerprint density at radius 1 is 1.19 bits per heavy atom. The summed E-state index contributed by atoms with van der Waals surface area (Å²) < 4.78 is 26.9. The number of piperazine rings is 1. The van der Waals surface area contributed by atoms with Crippen molar-refractivity contribution in [1.82, 2.24) is 24.4 Å². The zero-order valence-corrected chi connectivity index (χ0v) is 16.1. The van der Waals surface area contributed by atoms with Crippen molar-refractivity contribution in [1.29, 1.82) is 0 Å². The van der Waals surface area contributed by atoms with Crippen LogP contribution in [-0.2, 0) is 16.4 Å². The zero-order chi connectivity index (χ0) is 18.6. The fourth-order valence-electron chi connectivity index (χ4n) is 2.94. The lowest BCUT2D eigenvalue weighted by Gasteiger charge is -2.31. The highest BCUT2D eigenvalue weighted by molar-refractivity contribution is 7.89. The Kier molecular flexibility index (Phi) is 5.90. The van der Waals surface area contributed by atoms with Gasteiger partial charge < -0.3 is 10.2 Å². The number of aromatic amines is 1. The smallest absolute Gasteiger partial charge is 0.244 e. The number of anilines is 1. The van der Waals surface area contributed by atoms with E-state index in [0.717, 1.165) is 38.2 Å². The minimum absolute atomic E-state index is 0.252. The molecule has 3 rings (SSSR count).